The minimum Gasteiger partial charge on any atom is -0.481 e. The van der Waals surface area contributed by atoms with Crippen LogP contribution < -0.4 is 32.3 Å². The van der Waals surface area contributed by atoms with Crippen molar-refractivity contribution in [3.05, 3.63) is 65.7 Å². The van der Waals surface area contributed by atoms with Gasteiger partial charge in [-0.3, -0.25) is 33.6 Å². The summed E-state index contributed by atoms with van der Waals surface area (Å²) < 4.78 is 0. The summed E-state index contributed by atoms with van der Waals surface area (Å²) in [4.78, 5) is 101. The van der Waals surface area contributed by atoms with Crippen LogP contribution in [0.15, 0.2) is 54.6 Å². The lowest BCUT2D eigenvalue weighted by atomic mass is 9.97. The number of anilines is 1. The highest BCUT2D eigenvalue weighted by Gasteiger charge is 2.35. The summed E-state index contributed by atoms with van der Waals surface area (Å²) in [5.41, 5.74) is 5.92. The summed E-state index contributed by atoms with van der Waals surface area (Å²) in [6.45, 7) is 6.83. The first-order chi connectivity index (χ1) is 25.8. The number of para-hydroxylation sites is 1. The number of nitrogens with one attached hydrogen (secondary N) is 5. The second-order valence-electron chi connectivity index (χ2n) is 13.7. The van der Waals surface area contributed by atoms with Crippen LogP contribution in [0.4, 0.5) is 5.69 Å². The SMILES string of the molecule is CC(C)C[C@H](NC(=O)[C@@H](NC(=O)[C@@H](N)CCC(=O)O)C(C)C)C(=O)N[C@@H](Cc1ccccc1)[C@@H](O)C(=O)N[C@@H](CC(=O)O)C(=O)Nc1ccccc1C(=O)O. The van der Waals surface area contributed by atoms with Crippen LogP contribution >= 0.6 is 0 Å². The average molecular weight is 771 g/mol. The van der Waals surface area contributed by atoms with E-state index in [1.807, 2.05) is 0 Å². The van der Waals surface area contributed by atoms with Crippen molar-refractivity contribution in [1.29, 1.82) is 0 Å². The second kappa shape index (κ2) is 21.7. The normalized spacial score (nSPS) is 14.3. The first kappa shape index (κ1) is 45.3. The fourth-order valence-electron chi connectivity index (χ4n) is 5.38. The molecule has 18 nitrogen and oxygen atoms in total. The number of aliphatic hydroxyl groups is 1. The van der Waals surface area contributed by atoms with E-state index < -0.39 is 96.1 Å². The zero-order valence-electron chi connectivity index (χ0n) is 31.0. The number of hydrogen-bond donors (Lipinski definition) is 10. The Morgan fingerprint density at radius 1 is 0.673 bits per heavy atom. The van der Waals surface area contributed by atoms with Gasteiger partial charge in [0.25, 0.3) is 5.91 Å². The number of carbonyl (C=O) groups excluding carboxylic acids is 5. The monoisotopic (exact) mass is 770 g/mol. The summed E-state index contributed by atoms with van der Waals surface area (Å²) in [5, 5.41) is 51.4. The quantitative estimate of drug-likeness (QED) is 0.0768. The van der Waals surface area contributed by atoms with Crippen molar-refractivity contribution in [3.8, 4) is 0 Å². The van der Waals surface area contributed by atoms with Gasteiger partial charge in [-0.05, 0) is 48.8 Å². The Bertz CT molecular complexity index is 1690. The van der Waals surface area contributed by atoms with E-state index in [9.17, 15) is 53.7 Å². The third-order valence-electron chi connectivity index (χ3n) is 8.30. The van der Waals surface area contributed by atoms with E-state index in [4.69, 9.17) is 10.8 Å². The second-order valence-corrected chi connectivity index (χ2v) is 13.7. The van der Waals surface area contributed by atoms with Gasteiger partial charge in [0.2, 0.25) is 23.6 Å². The topological polar surface area (TPSA) is 304 Å². The molecule has 0 spiro atoms. The lowest BCUT2D eigenvalue weighted by Crippen LogP contribution is -2.60. The molecule has 0 unspecified atom stereocenters. The Kier molecular flexibility index (Phi) is 17.9. The number of benzene rings is 2. The third-order valence-corrected chi connectivity index (χ3v) is 8.30. The van der Waals surface area contributed by atoms with Gasteiger partial charge in [0.05, 0.1) is 29.8 Å². The highest BCUT2D eigenvalue weighted by molar-refractivity contribution is 6.04. The van der Waals surface area contributed by atoms with E-state index in [0.717, 1.165) is 0 Å². The zero-order valence-corrected chi connectivity index (χ0v) is 31.0. The third kappa shape index (κ3) is 15.2. The summed E-state index contributed by atoms with van der Waals surface area (Å²) in [7, 11) is 0. The standard InChI is InChI=1S/C37H50N6O12/c1-19(2)16-26(41-35(52)30(20(3)4)43-32(49)23(38)14-15-28(44)45)33(50)40-25(17-21-10-6-5-7-11-21)31(48)36(53)42-27(18-29(46)47)34(51)39-24-13-9-8-12-22(24)37(54)55/h5-13,19-20,23,25-27,30-31,48H,14-18,38H2,1-4H3,(H,39,51)(H,40,50)(H,41,52)(H,42,53)(H,43,49)(H,44,45)(H,46,47)(H,54,55)/t23-,25-,26-,27-,30-,31+/m0/s1. The molecule has 18 heteroatoms. The van der Waals surface area contributed by atoms with Crippen molar-refractivity contribution in [1.82, 2.24) is 21.3 Å². The van der Waals surface area contributed by atoms with Crippen LogP contribution in [0.2, 0.25) is 0 Å². The molecule has 0 aliphatic carbocycles. The minimum absolute atomic E-state index is 0.0769. The largest absolute Gasteiger partial charge is 0.481 e. The van der Waals surface area contributed by atoms with E-state index in [-0.39, 0.29) is 42.9 Å². The van der Waals surface area contributed by atoms with Gasteiger partial charge in [-0.15, -0.1) is 0 Å². The molecule has 0 aliphatic heterocycles. The molecular formula is C37H50N6O12. The fraction of sp³-hybridized carbons (Fsp3) is 0.459. The van der Waals surface area contributed by atoms with E-state index in [1.165, 1.54) is 24.3 Å². The number of rotatable bonds is 22. The molecule has 300 valence electrons. The number of nitrogens with two attached hydrogens (primary N) is 1. The first-order valence-electron chi connectivity index (χ1n) is 17.6. The van der Waals surface area contributed by atoms with Crippen molar-refractivity contribution in [2.75, 3.05) is 5.32 Å². The number of carboxylic acids is 3. The molecule has 55 heavy (non-hydrogen) atoms. The maximum atomic E-state index is 13.9. The molecule has 5 amide bonds. The van der Waals surface area contributed by atoms with Crippen LogP contribution in [0.1, 0.15) is 69.3 Å². The van der Waals surface area contributed by atoms with E-state index >= 15 is 0 Å². The number of hydrogen-bond acceptors (Lipinski definition) is 10. The lowest BCUT2D eigenvalue weighted by Gasteiger charge is -2.30. The molecule has 0 bridgehead atoms. The number of aliphatic hydroxyl groups excluding tert-OH is 1. The molecule has 0 saturated carbocycles. The van der Waals surface area contributed by atoms with E-state index in [0.29, 0.717) is 5.56 Å². The molecule has 0 heterocycles. The number of aliphatic carboxylic acids is 2. The predicted octanol–water partition coefficient (Wildman–Crippen LogP) is 0.235. The van der Waals surface area contributed by atoms with Gasteiger partial charge >= 0.3 is 17.9 Å². The van der Waals surface area contributed by atoms with Crippen molar-refractivity contribution in [2.45, 2.75) is 96.1 Å². The number of amides is 5. The number of carboxylic acid groups (broad SMARTS) is 3. The van der Waals surface area contributed by atoms with Crippen LogP contribution in [-0.4, -0.2) is 104 Å². The summed E-state index contributed by atoms with van der Waals surface area (Å²) in [5.74, 6) is -9.35. The molecule has 2 rings (SSSR count). The minimum atomic E-state index is -2.08. The molecule has 0 aromatic heterocycles. The summed E-state index contributed by atoms with van der Waals surface area (Å²) >= 11 is 0. The fourth-order valence-corrected chi connectivity index (χ4v) is 5.38. The Labute approximate surface area is 317 Å². The van der Waals surface area contributed by atoms with E-state index in [2.05, 4.69) is 26.6 Å². The predicted molar refractivity (Wildman–Crippen MR) is 197 cm³/mol. The molecule has 6 atom stereocenters. The first-order valence-corrected chi connectivity index (χ1v) is 17.6. The van der Waals surface area contributed by atoms with Gasteiger partial charge in [-0.1, -0.05) is 70.2 Å². The van der Waals surface area contributed by atoms with Gasteiger partial charge in [-0.25, -0.2) is 4.79 Å². The van der Waals surface area contributed by atoms with Crippen molar-refractivity contribution in [3.63, 3.8) is 0 Å². The summed E-state index contributed by atoms with van der Waals surface area (Å²) in [6.07, 6.45) is -3.63. The van der Waals surface area contributed by atoms with Gasteiger partial charge in [0, 0.05) is 6.42 Å². The van der Waals surface area contributed by atoms with Crippen molar-refractivity contribution < 1.29 is 58.8 Å². The van der Waals surface area contributed by atoms with Gasteiger partial charge in [0.1, 0.15) is 18.1 Å². The van der Waals surface area contributed by atoms with Crippen LogP contribution in [-0.2, 0) is 40.0 Å². The van der Waals surface area contributed by atoms with Crippen molar-refractivity contribution >= 4 is 53.1 Å². The highest BCUT2D eigenvalue weighted by Crippen LogP contribution is 2.16. The summed E-state index contributed by atoms with van der Waals surface area (Å²) in [6, 6.07) is 6.89. The average Bonchev–Trinajstić information content (AvgIpc) is 3.11. The molecule has 0 saturated heterocycles. The van der Waals surface area contributed by atoms with Crippen LogP contribution in [0.25, 0.3) is 0 Å². The Hall–Kier alpha value is -5.88. The maximum Gasteiger partial charge on any atom is 0.337 e. The molecule has 2 aromatic rings. The molecule has 11 N–H and O–H groups in total. The highest BCUT2D eigenvalue weighted by atomic mass is 16.4. The molecule has 0 radical (unpaired) electrons. The molecular weight excluding hydrogens is 720 g/mol. The van der Waals surface area contributed by atoms with Crippen molar-refractivity contribution in [2.24, 2.45) is 17.6 Å². The number of aromatic carboxylic acids is 1. The van der Waals surface area contributed by atoms with Crippen LogP contribution in [0, 0.1) is 11.8 Å². The molecule has 0 fully saturated rings. The van der Waals surface area contributed by atoms with Gasteiger partial charge in [0.15, 0.2) is 6.10 Å². The molecule has 2 aromatic carbocycles. The van der Waals surface area contributed by atoms with Crippen LogP contribution in [0.3, 0.4) is 0 Å². The Morgan fingerprint density at radius 3 is 1.84 bits per heavy atom. The van der Waals surface area contributed by atoms with E-state index in [1.54, 1.807) is 58.0 Å². The van der Waals surface area contributed by atoms with Gasteiger partial charge < -0.3 is 52.7 Å². The molecule has 0 aliphatic rings. The Morgan fingerprint density at radius 2 is 1.27 bits per heavy atom. The van der Waals surface area contributed by atoms with Gasteiger partial charge in [-0.2, -0.15) is 0 Å². The Balaban J connectivity index is 2.35. The zero-order chi connectivity index (χ0) is 41.4. The number of carbonyl (C=O) groups is 8. The smallest absolute Gasteiger partial charge is 0.337 e. The maximum absolute atomic E-state index is 13.9. The lowest BCUT2D eigenvalue weighted by molar-refractivity contribution is -0.141. The van der Waals surface area contributed by atoms with Crippen LogP contribution in [0.5, 0.6) is 0 Å².